The van der Waals surface area contributed by atoms with Crippen molar-refractivity contribution in [3.05, 3.63) is 59.9 Å². The van der Waals surface area contributed by atoms with Crippen molar-refractivity contribution in [3.8, 4) is 0 Å². The second-order valence-electron chi connectivity index (χ2n) is 5.82. The first-order valence-electron chi connectivity index (χ1n) is 8.08. The molecule has 0 saturated carbocycles. The Hall–Kier alpha value is -2.41. The molecule has 1 N–H and O–H groups in total. The number of rotatable bonds is 8. The van der Waals surface area contributed by atoms with Gasteiger partial charge in [-0.15, -0.1) is 0 Å². The highest BCUT2D eigenvalue weighted by atomic mass is 32.2. The monoisotopic (exact) mass is 361 g/mol. The van der Waals surface area contributed by atoms with Gasteiger partial charge in [0.1, 0.15) is 0 Å². The summed E-state index contributed by atoms with van der Waals surface area (Å²) in [7, 11) is -3.40. The van der Waals surface area contributed by atoms with Crippen molar-refractivity contribution in [1.29, 1.82) is 0 Å². The van der Waals surface area contributed by atoms with Gasteiger partial charge >= 0.3 is 0 Å². The Kier molecular flexibility index (Phi) is 6.52. The number of hydrogen-bond donors (Lipinski definition) is 1. The van der Waals surface area contributed by atoms with Gasteiger partial charge in [0.15, 0.2) is 0 Å². The molecule has 25 heavy (non-hydrogen) atoms. The molecule has 0 aliphatic rings. The smallest absolute Gasteiger partial charge is 0.232 e. The molecule has 1 aromatic heterocycles. The van der Waals surface area contributed by atoms with Crippen molar-refractivity contribution in [3.63, 3.8) is 0 Å². The average Bonchev–Trinajstić information content (AvgIpc) is 2.58. The lowest BCUT2D eigenvalue weighted by Crippen LogP contribution is -2.32. The van der Waals surface area contributed by atoms with E-state index in [4.69, 9.17) is 0 Å². The van der Waals surface area contributed by atoms with E-state index in [1.807, 2.05) is 37.3 Å². The predicted octanol–water partition coefficient (Wildman–Crippen LogP) is 2.25. The molecule has 0 saturated heterocycles. The minimum atomic E-state index is -3.40. The van der Waals surface area contributed by atoms with Gasteiger partial charge in [-0.1, -0.05) is 24.3 Å². The predicted molar refractivity (Wildman–Crippen MR) is 98.7 cm³/mol. The molecule has 0 aliphatic heterocycles. The van der Waals surface area contributed by atoms with Crippen LogP contribution in [0.4, 0.5) is 5.69 Å². The van der Waals surface area contributed by atoms with Gasteiger partial charge in [-0.25, -0.2) is 8.42 Å². The van der Waals surface area contributed by atoms with Crippen LogP contribution in [0, 0.1) is 6.92 Å². The molecule has 1 aromatic carbocycles. The van der Waals surface area contributed by atoms with Crippen molar-refractivity contribution < 1.29 is 13.2 Å². The van der Waals surface area contributed by atoms with E-state index in [2.05, 4.69) is 10.3 Å². The number of carbonyl (C=O) groups excluding carboxylic acids is 1. The van der Waals surface area contributed by atoms with Gasteiger partial charge in [-0.2, -0.15) is 0 Å². The molecule has 134 valence electrons. The lowest BCUT2D eigenvalue weighted by atomic mass is 10.2. The first-order valence-corrected chi connectivity index (χ1v) is 9.92. The third-order valence-corrected chi connectivity index (χ3v) is 4.92. The molecule has 0 atom stereocenters. The molecule has 2 rings (SSSR count). The van der Waals surface area contributed by atoms with Crippen molar-refractivity contribution in [1.82, 2.24) is 10.3 Å². The third-order valence-electron chi connectivity index (χ3n) is 3.74. The molecule has 6 nitrogen and oxygen atoms in total. The SMILES string of the molecule is Cc1ccccc1N(CCCC(=O)NCc1ccccn1)S(C)(=O)=O. The van der Waals surface area contributed by atoms with E-state index in [1.54, 1.807) is 18.3 Å². The number of para-hydroxylation sites is 1. The van der Waals surface area contributed by atoms with E-state index in [0.717, 1.165) is 11.3 Å². The summed E-state index contributed by atoms with van der Waals surface area (Å²) in [4.78, 5) is 16.1. The number of benzene rings is 1. The average molecular weight is 361 g/mol. The topological polar surface area (TPSA) is 79.4 Å². The van der Waals surface area contributed by atoms with Crippen molar-refractivity contribution >= 4 is 21.6 Å². The molecule has 0 aliphatic carbocycles. The van der Waals surface area contributed by atoms with Crippen LogP contribution in [0.3, 0.4) is 0 Å². The molecular formula is C18H23N3O3S. The maximum Gasteiger partial charge on any atom is 0.232 e. The highest BCUT2D eigenvalue weighted by Gasteiger charge is 2.18. The number of nitrogens with zero attached hydrogens (tertiary/aromatic N) is 2. The summed E-state index contributed by atoms with van der Waals surface area (Å²) in [6, 6.07) is 12.8. The number of aromatic nitrogens is 1. The Morgan fingerprint density at radius 2 is 1.88 bits per heavy atom. The summed E-state index contributed by atoms with van der Waals surface area (Å²) < 4.78 is 25.5. The quantitative estimate of drug-likeness (QED) is 0.782. The first-order chi connectivity index (χ1) is 11.9. The van der Waals surface area contributed by atoms with Gasteiger partial charge in [-0.3, -0.25) is 14.1 Å². The third kappa shape index (κ3) is 5.86. The number of hydrogen-bond acceptors (Lipinski definition) is 4. The Balaban J connectivity index is 1.89. The second-order valence-corrected chi connectivity index (χ2v) is 7.73. The summed E-state index contributed by atoms with van der Waals surface area (Å²) in [6.45, 7) is 2.50. The standard InChI is InChI=1S/C18H23N3O3S/c1-15-8-3-4-10-17(15)21(25(2,23)24)13-7-11-18(22)20-14-16-9-5-6-12-19-16/h3-6,8-10,12H,7,11,13-14H2,1-2H3,(H,20,22). The summed E-state index contributed by atoms with van der Waals surface area (Å²) >= 11 is 0. The normalized spacial score (nSPS) is 11.1. The van der Waals surface area contributed by atoms with Crippen LogP contribution in [0.5, 0.6) is 0 Å². The van der Waals surface area contributed by atoms with Crippen LogP contribution in [0.1, 0.15) is 24.1 Å². The number of anilines is 1. The van der Waals surface area contributed by atoms with Crippen molar-refractivity contribution in [2.75, 3.05) is 17.1 Å². The Morgan fingerprint density at radius 1 is 1.16 bits per heavy atom. The van der Waals surface area contributed by atoms with Crippen LogP contribution in [-0.2, 0) is 21.4 Å². The lowest BCUT2D eigenvalue weighted by molar-refractivity contribution is -0.121. The molecule has 0 bridgehead atoms. The molecule has 2 aromatic rings. The minimum absolute atomic E-state index is 0.121. The van der Waals surface area contributed by atoms with E-state index in [1.165, 1.54) is 10.6 Å². The fourth-order valence-electron chi connectivity index (χ4n) is 2.47. The second kappa shape index (κ2) is 8.62. The molecule has 0 radical (unpaired) electrons. The van der Waals surface area contributed by atoms with Gasteiger partial charge in [0.2, 0.25) is 15.9 Å². The zero-order valence-corrected chi connectivity index (χ0v) is 15.3. The van der Waals surface area contributed by atoms with Crippen LogP contribution in [0.2, 0.25) is 0 Å². The zero-order chi connectivity index (χ0) is 18.3. The molecule has 0 unspecified atom stereocenters. The van der Waals surface area contributed by atoms with Gasteiger partial charge in [-0.05, 0) is 37.1 Å². The molecule has 0 spiro atoms. The summed E-state index contributed by atoms with van der Waals surface area (Å²) in [5, 5.41) is 2.79. The summed E-state index contributed by atoms with van der Waals surface area (Å²) in [5.41, 5.74) is 2.32. The summed E-state index contributed by atoms with van der Waals surface area (Å²) in [5.74, 6) is -0.121. The molecule has 1 heterocycles. The maximum absolute atomic E-state index is 12.1. The Labute approximate surface area is 148 Å². The highest BCUT2D eigenvalue weighted by Crippen LogP contribution is 2.22. The summed E-state index contributed by atoms with van der Waals surface area (Å²) in [6.07, 6.45) is 3.55. The highest BCUT2D eigenvalue weighted by molar-refractivity contribution is 7.92. The van der Waals surface area contributed by atoms with E-state index >= 15 is 0 Å². The van der Waals surface area contributed by atoms with Crippen molar-refractivity contribution in [2.45, 2.75) is 26.3 Å². The van der Waals surface area contributed by atoms with Crippen LogP contribution in [0.25, 0.3) is 0 Å². The van der Waals surface area contributed by atoms with Crippen LogP contribution >= 0.6 is 0 Å². The van der Waals surface area contributed by atoms with Gasteiger partial charge in [0.25, 0.3) is 0 Å². The fraction of sp³-hybridized carbons (Fsp3) is 0.333. The first kappa shape index (κ1) is 18.9. The van der Waals surface area contributed by atoms with Gasteiger partial charge < -0.3 is 5.32 Å². The fourth-order valence-corrected chi connectivity index (χ4v) is 3.49. The van der Waals surface area contributed by atoms with E-state index < -0.39 is 10.0 Å². The largest absolute Gasteiger partial charge is 0.350 e. The van der Waals surface area contributed by atoms with E-state index in [9.17, 15) is 13.2 Å². The number of aryl methyl sites for hydroxylation is 1. The Bertz CT molecular complexity index is 807. The Morgan fingerprint density at radius 3 is 2.52 bits per heavy atom. The van der Waals surface area contributed by atoms with E-state index in [-0.39, 0.29) is 18.9 Å². The number of amides is 1. The molecule has 0 fully saturated rings. The number of pyridine rings is 1. The van der Waals surface area contributed by atoms with Crippen LogP contribution in [0.15, 0.2) is 48.7 Å². The van der Waals surface area contributed by atoms with Crippen LogP contribution in [-0.4, -0.2) is 32.1 Å². The van der Waals surface area contributed by atoms with E-state index in [0.29, 0.717) is 18.7 Å². The molecule has 7 heteroatoms. The maximum atomic E-state index is 12.1. The number of carbonyl (C=O) groups is 1. The lowest BCUT2D eigenvalue weighted by Gasteiger charge is -2.24. The number of sulfonamides is 1. The number of nitrogens with one attached hydrogen (secondary N) is 1. The molecular weight excluding hydrogens is 338 g/mol. The van der Waals surface area contributed by atoms with Gasteiger partial charge in [0, 0.05) is 19.2 Å². The van der Waals surface area contributed by atoms with Crippen LogP contribution < -0.4 is 9.62 Å². The van der Waals surface area contributed by atoms with Crippen molar-refractivity contribution in [2.24, 2.45) is 0 Å². The molecule has 1 amide bonds. The zero-order valence-electron chi connectivity index (χ0n) is 14.5. The minimum Gasteiger partial charge on any atom is -0.350 e. The van der Waals surface area contributed by atoms with Gasteiger partial charge in [0.05, 0.1) is 24.2 Å².